The lowest BCUT2D eigenvalue weighted by atomic mass is 9.89. The molecule has 42 heavy (non-hydrogen) atoms. The highest BCUT2D eigenvalue weighted by molar-refractivity contribution is 5.92. The van der Waals surface area contributed by atoms with E-state index in [9.17, 15) is 22.8 Å². The second kappa shape index (κ2) is 16.4. The van der Waals surface area contributed by atoms with E-state index in [2.05, 4.69) is 10.3 Å². The van der Waals surface area contributed by atoms with Gasteiger partial charge in [-0.2, -0.15) is 13.2 Å². The highest BCUT2D eigenvalue weighted by Crippen LogP contribution is 2.28. The van der Waals surface area contributed by atoms with E-state index in [4.69, 9.17) is 21.4 Å². The van der Waals surface area contributed by atoms with E-state index in [1.807, 2.05) is 91.0 Å². The summed E-state index contributed by atoms with van der Waals surface area (Å²) < 4.78 is 31.7. The molecule has 1 atom stereocenters. The number of carbonyl (C=O) groups excluding carboxylic acids is 2. The van der Waals surface area contributed by atoms with Gasteiger partial charge >= 0.3 is 12.1 Å². The summed E-state index contributed by atoms with van der Waals surface area (Å²) in [6.45, 7) is 0.764. The van der Waals surface area contributed by atoms with Crippen molar-refractivity contribution in [2.75, 3.05) is 13.6 Å². The van der Waals surface area contributed by atoms with Crippen molar-refractivity contribution >= 4 is 23.7 Å². The minimum absolute atomic E-state index is 0.00716. The van der Waals surface area contributed by atoms with Crippen LogP contribution in [0.1, 0.15) is 35.4 Å². The summed E-state index contributed by atoms with van der Waals surface area (Å²) in [7, 11) is 1.69. The van der Waals surface area contributed by atoms with Crippen LogP contribution in [-0.4, -0.2) is 59.6 Å². The monoisotopic (exact) mass is 585 g/mol. The van der Waals surface area contributed by atoms with Gasteiger partial charge in [0.1, 0.15) is 6.04 Å². The first kappa shape index (κ1) is 33.3. The molecule has 0 saturated carbocycles. The standard InChI is InChI=1S/C28H33N5O2.C2HF3O2/c1-33(27(35)25(22-14-7-3-8-15-22)23-16-9-4-10-17-23)24(18-11-19-31-28(29)30)26(34)32-20-21-12-5-2-6-13-21;3-2(4,5)1(6)7/h2-10,12-17,24-25H,11,18-20H2,1H3,(H,32,34)(H4,29,30,31);(H,6,7)/t24-;/m0./s1. The fraction of sp³-hybridized carbons (Fsp3) is 0.267. The molecular weight excluding hydrogens is 551 g/mol. The van der Waals surface area contributed by atoms with Gasteiger partial charge in [-0.25, -0.2) is 4.79 Å². The van der Waals surface area contributed by atoms with Gasteiger partial charge in [0.05, 0.1) is 5.92 Å². The normalized spacial score (nSPS) is 11.5. The third-order valence-corrected chi connectivity index (χ3v) is 6.11. The molecule has 0 saturated heterocycles. The SMILES string of the molecule is CN(C(=O)C(c1ccccc1)c1ccccc1)[C@@H](CCCN=C(N)N)C(=O)NCc1ccccc1.O=C(O)C(F)(F)F. The van der Waals surface area contributed by atoms with Gasteiger partial charge in [-0.1, -0.05) is 91.0 Å². The number of amides is 2. The molecule has 0 spiro atoms. The Balaban J connectivity index is 0.000000782. The summed E-state index contributed by atoms with van der Waals surface area (Å²) >= 11 is 0. The molecule has 3 aromatic rings. The Bertz CT molecular complexity index is 1260. The van der Waals surface area contributed by atoms with Crippen molar-refractivity contribution in [3.63, 3.8) is 0 Å². The molecule has 224 valence electrons. The van der Waals surface area contributed by atoms with Crippen LogP contribution < -0.4 is 16.8 Å². The topological polar surface area (TPSA) is 151 Å². The molecule has 0 aliphatic heterocycles. The molecule has 0 aliphatic rings. The maximum absolute atomic E-state index is 13.9. The lowest BCUT2D eigenvalue weighted by molar-refractivity contribution is -0.192. The number of aliphatic carboxylic acids is 1. The summed E-state index contributed by atoms with van der Waals surface area (Å²) in [4.78, 5) is 41.7. The van der Waals surface area contributed by atoms with E-state index in [1.165, 1.54) is 0 Å². The van der Waals surface area contributed by atoms with Gasteiger partial charge in [-0.05, 0) is 29.5 Å². The Labute approximate surface area is 242 Å². The second-order valence-electron chi connectivity index (χ2n) is 9.17. The number of carboxylic acid groups (broad SMARTS) is 1. The summed E-state index contributed by atoms with van der Waals surface area (Å²) in [6.07, 6.45) is -4.10. The Hall–Kier alpha value is -4.87. The van der Waals surface area contributed by atoms with Crippen LogP contribution in [0.4, 0.5) is 13.2 Å². The maximum Gasteiger partial charge on any atom is 0.490 e. The molecule has 12 heteroatoms. The first-order valence-corrected chi connectivity index (χ1v) is 13.0. The third-order valence-electron chi connectivity index (χ3n) is 6.11. The van der Waals surface area contributed by atoms with Crippen molar-refractivity contribution in [2.24, 2.45) is 16.5 Å². The quantitative estimate of drug-likeness (QED) is 0.153. The maximum atomic E-state index is 13.9. The molecule has 0 unspecified atom stereocenters. The number of rotatable bonds is 11. The largest absolute Gasteiger partial charge is 0.490 e. The molecule has 0 radical (unpaired) electrons. The average Bonchev–Trinajstić information content (AvgIpc) is 2.97. The fourth-order valence-electron chi connectivity index (χ4n) is 4.02. The molecular formula is C30H34F3N5O4. The van der Waals surface area contributed by atoms with E-state index in [0.29, 0.717) is 25.9 Å². The number of hydrogen-bond donors (Lipinski definition) is 4. The van der Waals surface area contributed by atoms with Crippen LogP contribution in [0.15, 0.2) is 96.0 Å². The van der Waals surface area contributed by atoms with Gasteiger partial charge in [-0.15, -0.1) is 0 Å². The Morgan fingerprint density at radius 2 is 1.33 bits per heavy atom. The van der Waals surface area contributed by atoms with Crippen LogP contribution in [-0.2, 0) is 20.9 Å². The smallest absolute Gasteiger partial charge is 0.475 e. The summed E-state index contributed by atoms with van der Waals surface area (Å²) in [5.41, 5.74) is 13.6. The van der Waals surface area contributed by atoms with Crippen LogP contribution in [0.5, 0.6) is 0 Å². The van der Waals surface area contributed by atoms with Gasteiger partial charge in [0.25, 0.3) is 0 Å². The molecule has 6 N–H and O–H groups in total. The number of aliphatic imine (C=N–C) groups is 1. The molecule has 0 heterocycles. The molecule has 0 aliphatic carbocycles. The molecule has 3 rings (SSSR count). The Morgan fingerprint density at radius 1 is 0.881 bits per heavy atom. The van der Waals surface area contributed by atoms with Gasteiger partial charge < -0.3 is 26.8 Å². The summed E-state index contributed by atoms with van der Waals surface area (Å²) in [6, 6.07) is 28.2. The number of hydrogen-bond acceptors (Lipinski definition) is 4. The lowest BCUT2D eigenvalue weighted by Crippen LogP contribution is -2.49. The number of carboxylic acids is 1. The van der Waals surface area contributed by atoms with E-state index < -0.39 is 24.1 Å². The van der Waals surface area contributed by atoms with E-state index in [-0.39, 0.29) is 17.8 Å². The van der Waals surface area contributed by atoms with E-state index >= 15 is 0 Å². The summed E-state index contributed by atoms with van der Waals surface area (Å²) in [5.74, 6) is -3.64. The highest BCUT2D eigenvalue weighted by atomic mass is 19.4. The number of nitrogens with two attached hydrogens (primary N) is 2. The van der Waals surface area contributed by atoms with E-state index in [0.717, 1.165) is 16.7 Å². The molecule has 0 bridgehead atoms. The predicted molar refractivity (Wildman–Crippen MR) is 153 cm³/mol. The van der Waals surface area contributed by atoms with Crippen LogP contribution >= 0.6 is 0 Å². The zero-order valence-electron chi connectivity index (χ0n) is 23.0. The molecule has 3 aromatic carbocycles. The van der Waals surface area contributed by atoms with Gasteiger partial charge in [0, 0.05) is 20.1 Å². The minimum Gasteiger partial charge on any atom is -0.475 e. The Morgan fingerprint density at radius 3 is 1.76 bits per heavy atom. The molecule has 0 aromatic heterocycles. The number of benzene rings is 3. The van der Waals surface area contributed by atoms with Crippen LogP contribution in [0.25, 0.3) is 0 Å². The van der Waals surface area contributed by atoms with Gasteiger partial charge in [0.15, 0.2) is 5.96 Å². The second-order valence-corrected chi connectivity index (χ2v) is 9.17. The van der Waals surface area contributed by atoms with E-state index in [1.54, 1.807) is 11.9 Å². The lowest BCUT2D eigenvalue weighted by Gasteiger charge is -2.31. The van der Waals surface area contributed by atoms with Crippen molar-refractivity contribution in [3.05, 3.63) is 108 Å². The average molecular weight is 586 g/mol. The molecule has 2 amide bonds. The predicted octanol–water partition coefficient (Wildman–Crippen LogP) is 3.65. The minimum atomic E-state index is -5.08. The number of likely N-dealkylation sites (N-methyl/N-ethyl adjacent to an activating group) is 1. The molecule has 9 nitrogen and oxygen atoms in total. The number of nitrogens with zero attached hydrogens (tertiary/aromatic N) is 2. The number of carbonyl (C=O) groups is 3. The van der Waals surface area contributed by atoms with Crippen molar-refractivity contribution in [1.29, 1.82) is 0 Å². The zero-order valence-corrected chi connectivity index (χ0v) is 23.0. The van der Waals surface area contributed by atoms with Crippen LogP contribution in [0, 0.1) is 0 Å². The van der Waals surface area contributed by atoms with Crippen molar-refractivity contribution in [3.8, 4) is 0 Å². The molecule has 0 fully saturated rings. The van der Waals surface area contributed by atoms with Crippen molar-refractivity contribution < 1.29 is 32.7 Å². The number of guanidine groups is 1. The third kappa shape index (κ3) is 11.0. The number of halogens is 3. The highest BCUT2D eigenvalue weighted by Gasteiger charge is 2.38. The fourth-order valence-corrected chi connectivity index (χ4v) is 4.02. The van der Waals surface area contributed by atoms with Crippen molar-refractivity contribution in [1.82, 2.24) is 10.2 Å². The van der Waals surface area contributed by atoms with Crippen LogP contribution in [0.2, 0.25) is 0 Å². The van der Waals surface area contributed by atoms with Gasteiger partial charge in [0.2, 0.25) is 11.8 Å². The van der Waals surface area contributed by atoms with Crippen molar-refractivity contribution in [2.45, 2.75) is 37.5 Å². The number of alkyl halides is 3. The van der Waals surface area contributed by atoms with Gasteiger partial charge in [-0.3, -0.25) is 14.6 Å². The van der Waals surface area contributed by atoms with Crippen LogP contribution in [0.3, 0.4) is 0 Å². The zero-order chi connectivity index (χ0) is 31.1. The first-order chi connectivity index (χ1) is 19.9. The first-order valence-electron chi connectivity index (χ1n) is 13.0. The summed E-state index contributed by atoms with van der Waals surface area (Å²) in [5, 5.41) is 10.1. The number of nitrogens with one attached hydrogen (secondary N) is 1. The Kier molecular flexibility index (Phi) is 13.0.